The third kappa shape index (κ3) is 3.55. The van der Waals surface area contributed by atoms with Gasteiger partial charge in [0.2, 0.25) is 0 Å². The molecule has 0 spiro atoms. The van der Waals surface area contributed by atoms with Gasteiger partial charge in [-0.1, -0.05) is 0 Å². The van der Waals surface area contributed by atoms with Gasteiger partial charge in [-0.15, -0.1) is 0 Å². The first-order valence-electron chi connectivity index (χ1n) is 6.65. The van der Waals surface area contributed by atoms with Crippen LogP contribution >= 0.6 is 6.60 Å². The van der Waals surface area contributed by atoms with Crippen LogP contribution in [0.3, 0.4) is 0 Å². The Hall–Kier alpha value is -1.39. The van der Waals surface area contributed by atoms with Gasteiger partial charge < -0.3 is 0 Å². The van der Waals surface area contributed by atoms with Crippen LogP contribution in [0.4, 0.5) is 0 Å². The standard InChI is InChI=1S/C18H25P/c1-5-14-19(8-4,15-6-2,16-7-3)17-18-12-10-9-11-13-18/h5-13H,1-4,14-17H2. The summed E-state index contributed by atoms with van der Waals surface area (Å²) in [5.74, 6) is 2.21. The van der Waals surface area contributed by atoms with E-state index < -0.39 is 6.60 Å². The Kier molecular flexibility index (Phi) is 5.51. The van der Waals surface area contributed by atoms with Gasteiger partial charge in [-0.05, 0) is 0 Å². The molecule has 1 aromatic rings. The SMILES string of the molecule is C=CCP(C=C)(CC=C)(CC=C)Cc1ccccc1. The fourth-order valence-corrected chi connectivity index (χ4v) is 7.52. The maximum atomic E-state index is 4.17. The number of rotatable bonds is 9. The summed E-state index contributed by atoms with van der Waals surface area (Å²) in [6.07, 6.45) is 10.2. The van der Waals surface area contributed by atoms with Gasteiger partial charge in [-0.3, -0.25) is 0 Å². The molecular formula is C18H25P. The molecule has 0 radical (unpaired) electrons. The van der Waals surface area contributed by atoms with Crippen LogP contribution in [-0.4, -0.2) is 18.5 Å². The molecule has 102 valence electrons. The zero-order valence-electron chi connectivity index (χ0n) is 11.8. The molecule has 0 amide bonds. The predicted molar refractivity (Wildman–Crippen MR) is 92.5 cm³/mol. The van der Waals surface area contributed by atoms with Crippen LogP contribution in [0, 0.1) is 0 Å². The first-order valence-corrected chi connectivity index (χ1v) is 9.69. The molecule has 0 unspecified atom stereocenters. The summed E-state index contributed by atoms with van der Waals surface area (Å²) in [6, 6.07) is 10.6. The molecule has 0 aromatic heterocycles. The summed E-state index contributed by atoms with van der Waals surface area (Å²) in [7, 11) is 0. The average Bonchev–Trinajstić information content (AvgIpc) is 2.41. The van der Waals surface area contributed by atoms with E-state index in [0.717, 1.165) is 24.6 Å². The van der Waals surface area contributed by atoms with Crippen molar-refractivity contribution in [1.29, 1.82) is 0 Å². The molecule has 0 heterocycles. The Balaban J connectivity index is 3.28. The molecule has 0 bridgehead atoms. The van der Waals surface area contributed by atoms with Crippen molar-refractivity contribution in [2.45, 2.75) is 6.16 Å². The zero-order valence-corrected chi connectivity index (χ0v) is 12.7. The molecule has 19 heavy (non-hydrogen) atoms. The van der Waals surface area contributed by atoms with E-state index in [9.17, 15) is 0 Å². The topological polar surface area (TPSA) is 0 Å². The molecule has 0 saturated heterocycles. The van der Waals surface area contributed by atoms with Crippen molar-refractivity contribution in [3.05, 3.63) is 86.3 Å². The zero-order chi connectivity index (χ0) is 14.2. The second-order valence-electron chi connectivity index (χ2n) is 5.31. The van der Waals surface area contributed by atoms with Crippen molar-refractivity contribution in [2.75, 3.05) is 18.5 Å². The number of hydrogen-bond acceptors (Lipinski definition) is 0. The van der Waals surface area contributed by atoms with Gasteiger partial charge >= 0.3 is 118 Å². The maximum absolute atomic E-state index is 4.17. The monoisotopic (exact) mass is 272 g/mol. The van der Waals surface area contributed by atoms with Gasteiger partial charge in [0.1, 0.15) is 0 Å². The Morgan fingerprint density at radius 2 is 1.26 bits per heavy atom. The van der Waals surface area contributed by atoms with E-state index in [-0.39, 0.29) is 0 Å². The van der Waals surface area contributed by atoms with E-state index in [4.69, 9.17) is 0 Å². The number of allylic oxidation sites excluding steroid dienone is 3. The normalized spacial score (nSPS) is 12.9. The average molecular weight is 272 g/mol. The fourth-order valence-electron chi connectivity index (χ4n) is 2.83. The van der Waals surface area contributed by atoms with Gasteiger partial charge in [0.05, 0.1) is 0 Å². The molecule has 0 nitrogen and oxygen atoms in total. The Morgan fingerprint density at radius 1 is 0.789 bits per heavy atom. The van der Waals surface area contributed by atoms with Crippen molar-refractivity contribution in [1.82, 2.24) is 0 Å². The summed E-state index contributed by atoms with van der Waals surface area (Å²) in [5.41, 5.74) is 1.37. The Labute approximate surface area is 118 Å². The van der Waals surface area contributed by atoms with E-state index in [0.29, 0.717) is 0 Å². The van der Waals surface area contributed by atoms with E-state index >= 15 is 0 Å². The van der Waals surface area contributed by atoms with Crippen LogP contribution in [0.5, 0.6) is 0 Å². The van der Waals surface area contributed by atoms with Gasteiger partial charge in [0.15, 0.2) is 0 Å². The van der Waals surface area contributed by atoms with Crippen LogP contribution < -0.4 is 0 Å². The van der Waals surface area contributed by atoms with Gasteiger partial charge in [-0.25, -0.2) is 0 Å². The van der Waals surface area contributed by atoms with E-state index in [1.807, 2.05) is 18.2 Å². The van der Waals surface area contributed by atoms with Crippen LogP contribution in [0.15, 0.2) is 80.7 Å². The molecule has 1 rings (SSSR count). The third-order valence-corrected chi connectivity index (χ3v) is 9.82. The van der Waals surface area contributed by atoms with Crippen LogP contribution in [0.1, 0.15) is 5.56 Å². The molecule has 0 atom stereocenters. The van der Waals surface area contributed by atoms with Gasteiger partial charge in [-0.2, -0.15) is 0 Å². The summed E-state index contributed by atoms with van der Waals surface area (Å²) in [6.45, 7) is 13.9. The molecule has 0 saturated carbocycles. The van der Waals surface area contributed by atoms with E-state index in [1.54, 1.807) is 0 Å². The van der Waals surface area contributed by atoms with Crippen molar-refractivity contribution < 1.29 is 0 Å². The fraction of sp³-hybridized carbons (Fsp3) is 0.222. The molecule has 0 aliphatic carbocycles. The van der Waals surface area contributed by atoms with Crippen molar-refractivity contribution in [3.63, 3.8) is 0 Å². The molecule has 0 N–H and O–H groups in total. The third-order valence-electron chi connectivity index (χ3n) is 3.83. The first kappa shape index (κ1) is 15.7. The number of hydrogen-bond donors (Lipinski definition) is 0. The summed E-state index contributed by atoms with van der Waals surface area (Å²) >= 11 is 0. The molecule has 0 aliphatic rings. The second-order valence-corrected chi connectivity index (χ2v) is 11.2. The Bertz CT molecular complexity index is 427. The van der Waals surface area contributed by atoms with Crippen molar-refractivity contribution >= 4 is 6.60 Å². The van der Waals surface area contributed by atoms with E-state index in [2.05, 4.69) is 62.5 Å². The van der Waals surface area contributed by atoms with Crippen LogP contribution in [0.25, 0.3) is 0 Å². The van der Waals surface area contributed by atoms with Crippen LogP contribution in [-0.2, 0) is 6.16 Å². The number of benzene rings is 1. The quantitative estimate of drug-likeness (QED) is 0.414. The minimum atomic E-state index is -2.13. The summed E-state index contributed by atoms with van der Waals surface area (Å²) in [4.78, 5) is 0. The minimum absolute atomic E-state index is 1.00. The molecule has 1 heteroatoms. The molecule has 0 fully saturated rings. The van der Waals surface area contributed by atoms with Gasteiger partial charge in [0.25, 0.3) is 0 Å². The predicted octanol–water partition coefficient (Wildman–Crippen LogP) is 5.44. The van der Waals surface area contributed by atoms with Crippen LogP contribution in [0.2, 0.25) is 0 Å². The van der Waals surface area contributed by atoms with Crippen molar-refractivity contribution in [3.8, 4) is 0 Å². The molecule has 1 aromatic carbocycles. The second kappa shape index (κ2) is 6.68. The molecular weight excluding hydrogens is 247 g/mol. The van der Waals surface area contributed by atoms with Crippen molar-refractivity contribution in [2.24, 2.45) is 0 Å². The molecule has 0 aliphatic heterocycles. The first-order chi connectivity index (χ1) is 9.13. The van der Waals surface area contributed by atoms with Gasteiger partial charge in [0, 0.05) is 0 Å². The van der Waals surface area contributed by atoms with E-state index in [1.165, 1.54) is 5.56 Å². The summed E-state index contributed by atoms with van der Waals surface area (Å²) in [5, 5.41) is 0. The summed E-state index contributed by atoms with van der Waals surface area (Å²) < 4.78 is 0. The Morgan fingerprint density at radius 3 is 1.63 bits per heavy atom.